The van der Waals surface area contributed by atoms with E-state index in [0.29, 0.717) is 6.29 Å². The third-order valence-corrected chi connectivity index (χ3v) is 1.37. The normalized spacial score (nSPS) is 8.75. The van der Waals surface area contributed by atoms with Crippen LogP contribution in [0.5, 0.6) is 0 Å². The van der Waals surface area contributed by atoms with Gasteiger partial charge in [-0.15, -0.1) is 0 Å². The lowest BCUT2D eigenvalue weighted by atomic mass is 10.3. The van der Waals surface area contributed by atoms with Crippen molar-refractivity contribution in [2.24, 2.45) is 5.11 Å². The highest BCUT2D eigenvalue weighted by Gasteiger charge is 2.05. The number of carbonyl (C=O) groups is 1. The van der Waals surface area contributed by atoms with Crippen LogP contribution in [0.4, 0.5) is 5.82 Å². The van der Waals surface area contributed by atoms with Crippen LogP contribution in [0.2, 0.25) is 5.15 Å². The average molecular weight is 184 g/mol. The quantitative estimate of drug-likeness (QED) is 0.230. The van der Waals surface area contributed by atoms with E-state index < -0.39 is 0 Å². The number of azide groups is 1. The molecule has 7 heteroatoms. The van der Waals surface area contributed by atoms with Crippen LogP contribution >= 0.6 is 11.6 Å². The van der Waals surface area contributed by atoms with Gasteiger partial charge in [-0.2, -0.15) is 0 Å². The van der Waals surface area contributed by atoms with Crippen LogP contribution in [-0.4, -0.2) is 16.3 Å². The minimum Gasteiger partial charge on any atom is -0.298 e. The van der Waals surface area contributed by atoms with Crippen molar-refractivity contribution in [1.82, 2.24) is 9.97 Å². The van der Waals surface area contributed by atoms with E-state index in [1.807, 2.05) is 0 Å². The molecule has 1 heterocycles. The summed E-state index contributed by atoms with van der Waals surface area (Å²) in [4.78, 5) is 19.9. The van der Waals surface area contributed by atoms with Gasteiger partial charge in [-0.05, 0) is 10.6 Å². The molecular formula is C5H2ClN5O. The smallest absolute Gasteiger partial charge is 0.155 e. The first-order valence-electron chi connectivity index (χ1n) is 2.80. The van der Waals surface area contributed by atoms with E-state index in [0.717, 1.165) is 6.33 Å². The summed E-state index contributed by atoms with van der Waals surface area (Å²) in [6.07, 6.45) is 1.55. The Balaban J connectivity index is 3.36. The van der Waals surface area contributed by atoms with Crippen LogP contribution in [-0.2, 0) is 0 Å². The summed E-state index contributed by atoms with van der Waals surface area (Å²) >= 11 is 5.50. The molecule has 0 saturated heterocycles. The Morgan fingerprint density at radius 3 is 3.00 bits per heavy atom. The molecule has 0 bridgehead atoms. The zero-order valence-electron chi connectivity index (χ0n) is 5.68. The van der Waals surface area contributed by atoms with Crippen molar-refractivity contribution < 1.29 is 4.79 Å². The van der Waals surface area contributed by atoms with E-state index in [4.69, 9.17) is 17.1 Å². The van der Waals surface area contributed by atoms with Crippen molar-refractivity contribution in [3.05, 3.63) is 27.5 Å². The van der Waals surface area contributed by atoms with Gasteiger partial charge in [-0.25, -0.2) is 9.97 Å². The van der Waals surface area contributed by atoms with Gasteiger partial charge < -0.3 is 0 Å². The standard InChI is InChI=1S/C5H2ClN5O/c6-4-3(1-12)5(10-11-7)9-2-8-4/h1-2H. The van der Waals surface area contributed by atoms with Crippen molar-refractivity contribution in [2.75, 3.05) is 0 Å². The van der Waals surface area contributed by atoms with Gasteiger partial charge in [0.2, 0.25) is 0 Å². The molecule has 0 fully saturated rings. The van der Waals surface area contributed by atoms with Crippen molar-refractivity contribution in [2.45, 2.75) is 0 Å². The fourth-order valence-corrected chi connectivity index (χ4v) is 0.762. The van der Waals surface area contributed by atoms with Gasteiger partial charge in [-0.3, -0.25) is 4.79 Å². The molecule has 60 valence electrons. The molecule has 0 radical (unpaired) electrons. The molecule has 0 amide bonds. The lowest BCUT2D eigenvalue weighted by Crippen LogP contribution is -1.89. The van der Waals surface area contributed by atoms with Gasteiger partial charge >= 0.3 is 0 Å². The zero-order valence-corrected chi connectivity index (χ0v) is 6.43. The Morgan fingerprint density at radius 2 is 2.42 bits per heavy atom. The van der Waals surface area contributed by atoms with Gasteiger partial charge in [0.05, 0.1) is 5.56 Å². The topological polar surface area (TPSA) is 91.6 Å². The Hall–Kier alpha value is -1.65. The number of aldehydes is 1. The second kappa shape index (κ2) is 3.66. The van der Waals surface area contributed by atoms with Gasteiger partial charge in [0, 0.05) is 4.91 Å². The van der Waals surface area contributed by atoms with E-state index >= 15 is 0 Å². The summed E-state index contributed by atoms with van der Waals surface area (Å²) in [5.41, 5.74) is 8.07. The Labute approximate surface area is 71.8 Å². The second-order valence-electron chi connectivity index (χ2n) is 1.71. The highest BCUT2D eigenvalue weighted by atomic mass is 35.5. The number of halogens is 1. The molecule has 0 aliphatic heterocycles. The lowest BCUT2D eigenvalue weighted by Gasteiger charge is -1.95. The van der Waals surface area contributed by atoms with Crippen molar-refractivity contribution in [1.29, 1.82) is 0 Å². The number of aromatic nitrogens is 2. The maximum absolute atomic E-state index is 10.4. The van der Waals surface area contributed by atoms with Crippen LogP contribution in [0, 0.1) is 0 Å². The number of hydrogen-bond acceptors (Lipinski definition) is 4. The van der Waals surface area contributed by atoms with Gasteiger partial charge in [-0.1, -0.05) is 11.6 Å². The molecule has 0 aliphatic rings. The van der Waals surface area contributed by atoms with E-state index in [2.05, 4.69) is 20.0 Å². The van der Waals surface area contributed by atoms with Gasteiger partial charge in [0.25, 0.3) is 0 Å². The zero-order chi connectivity index (χ0) is 8.97. The molecule has 0 spiro atoms. The van der Waals surface area contributed by atoms with E-state index in [1.54, 1.807) is 0 Å². The number of rotatable bonds is 2. The van der Waals surface area contributed by atoms with E-state index in [-0.39, 0.29) is 16.5 Å². The average Bonchev–Trinajstić information content (AvgIpc) is 2.05. The predicted molar refractivity (Wildman–Crippen MR) is 41.2 cm³/mol. The molecule has 0 saturated carbocycles. The number of nitrogens with zero attached hydrogens (tertiary/aromatic N) is 5. The summed E-state index contributed by atoms with van der Waals surface area (Å²) in [5.74, 6) is -0.0625. The summed E-state index contributed by atoms with van der Waals surface area (Å²) in [7, 11) is 0. The second-order valence-corrected chi connectivity index (χ2v) is 2.07. The maximum atomic E-state index is 10.4. The third-order valence-electron chi connectivity index (χ3n) is 1.07. The molecule has 1 rings (SSSR count). The van der Waals surface area contributed by atoms with Crippen LogP contribution in [0.15, 0.2) is 11.4 Å². The van der Waals surface area contributed by atoms with Crippen molar-refractivity contribution in [3.8, 4) is 0 Å². The monoisotopic (exact) mass is 183 g/mol. The summed E-state index contributed by atoms with van der Waals surface area (Å²) in [6.45, 7) is 0. The molecule has 1 aromatic heterocycles. The molecule has 12 heavy (non-hydrogen) atoms. The lowest BCUT2D eigenvalue weighted by molar-refractivity contribution is 0.112. The largest absolute Gasteiger partial charge is 0.298 e. The Morgan fingerprint density at radius 1 is 1.67 bits per heavy atom. The van der Waals surface area contributed by atoms with E-state index in [9.17, 15) is 4.79 Å². The molecule has 0 aromatic carbocycles. The minimum absolute atomic E-state index is 0.00281. The molecule has 6 nitrogen and oxygen atoms in total. The highest BCUT2D eigenvalue weighted by molar-refractivity contribution is 6.32. The summed E-state index contributed by atoms with van der Waals surface area (Å²) < 4.78 is 0. The summed E-state index contributed by atoms with van der Waals surface area (Å²) in [5, 5.41) is 3.13. The first kappa shape index (κ1) is 8.45. The fraction of sp³-hybridized carbons (Fsp3) is 0. The Kier molecular flexibility index (Phi) is 2.57. The SMILES string of the molecule is [N-]=[N+]=Nc1ncnc(Cl)c1C=O. The van der Waals surface area contributed by atoms with Crippen LogP contribution < -0.4 is 0 Å². The maximum Gasteiger partial charge on any atom is 0.155 e. The first-order valence-corrected chi connectivity index (χ1v) is 3.18. The van der Waals surface area contributed by atoms with Crippen LogP contribution in [0.1, 0.15) is 10.4 Å². The van der Waals surface area contributed by atoms with Crippen molar-refractivity contribution in [3.63, 3.8) is 0 Å². The molecule has 0 atom stereocenters. The molecule has 1 aromatic rings. The Bertz CT molecular complexity index is 359. The molecule has 0 N–H and O–H groups in total. The molecular weight excluding hydrogens is 182 g/mol. The minimum atomic E-state index is -0.0625. The first-order chi connectivity index (χ1) is 5.79. The highest BCUT2D eigenvalue weighted by Crippen LogP contribution is 2.19. The summed E-state index contributed by atoms with van der Waals surface area (Å²) in [6, 6.07) is 0. The fourth-order valence-electron chi connectivity index (χ4n) is 0.589. The van der Waals surface area contributed by atoms with Crippen molar-refractivity contribution >= 4 is 23.7 Å². The van der Waals surface area contributed by atoms with Gasteiger partial charge in [0.1, 0.15) is 17.3 Å². The third kappa shape index (κ3) is 1.50. The number of hydrogen-bond donors (Lipinski definition) is 0. The molecule has 0 aliphatic carbocycles. The van der Waals surface area contributed by atoms with Crippen LogP contribution in [0.25, 0.3) is 10.4 Å². The van der Waals surface area contributed by atoms with Gasteiger partial charge in [0.15, 0.2) is 6.29 Å². The van der Waals surface area contributed by atoms with E-state index in [1.165, 1.54) is 0 Å². The molecule has 0 unspecified atom stereocenters. The number of carbonyl (C=O) groups excluding carboxylic acids is 1. The van der Waals surface area contributed by atoms with Crippen LogP contribution in [0.3, 0.4) is 0 Å². The predicted octanol–water partition coefficient (Wildman–Crippen LogP) is 1.88.